The standard InChI is InChI=1S/C14H23NO2S/c1-5-15(10-14(3,4)17)13(16)11(2)9-12-7-6-8-18-12/h6-8,11,17H,5,9-10H2,1-4H3. The van der Waals surface area contributed by atoms with Gasteiger partial charge in [-0.1, -0.05) is 13.0 Å². The molecule has 0 aliphatic carbocycles. The van der Waals surface area contributed by atoms with Gasteiger partial charge in [0.25, 0.3) is 0 Å². The van der Waals surface area contributed by atoms with E-state index in [1.54, 1.807) is 30.1 Å². The SMILES string of the molecule is CCN(CC(C)(C)O)C(=O)C(C)Cc1cccs1. The van der Waals surface area contributed by atoms with Gasteiger partial charge in [-0.2, -0.15) is 0 Å². The van der Waals surface area contributed by atoms with Gasteiger partial charge in [0, 0.05) is 23.9 Å². The summed E-state index contributed by atoms with van der Waals surface area (Å²) in [6, 6.07) is 4.06. The van der Waals surface area contributed by atoms with Crippen molar-refractivity contribution >= 4 is 17.2 Å². The van der Waals surface area contributed by atoms with Crippen LogP contribution < -0.4 is 0 Å². The first-order valence-electron chi connectivity index (χ1n) is 6.37. The van der Waals surface area contributed by atoms with Crippen molar-refractivity contribution in [3.63, 3.8) is 0 Å². The van der Waals surface area contributed by atoms with Gasteiger partial charge in [-0.15, -0.1) is 11.3 Å². The van der Waals surface area contributed by atoms with Crippen molar-refractivity contribution in [3.8, 4) is 0 Å². The summed E-state index contributed by atoms with van der Waals surface area (Å²) < 4.78 is 0. The van der Waals surface area contributed by atoms with Crippen LogP contribution in [0.5, 0.6) is 0 Å². The van der Waals surface area contributed by atoms with E-state index in [1.165, 1.54) is 4.88 Å². The average Bonchev–Trinajstić information content (AvgIpc) is 2.76. The smallest absolute Gasteiger partial charge is 0.225 e. The van der Waals surface area contributed by atoms with Crippen LogP contribution in [0.25, 0.3) is 0 Å². The molecule has 0 radical (unpaired) electrons. The number of nitrogens with zero attached hydrogens (tertiary/aromatic N) is 1. The first-order valence-corrected chi connectivity index (χ1v) is 7.25. The molecule has 1 N–H and O–H groups in total. The molecule has 18 heavy (non-hydrogen) atoms. The lowest BCUT2D eigenvalue weighted by molar-refractivity contribution is -0.137. The number of hydrogen-bond acceptors (Lipinski definition) is 3. The van der Waals surface area contributed by atoms with Crippen molar-refractivity contribution in [3.05, 3.63) is 22.4 Å². The fraction of sp³-hybridized carbons (Fsp3) is 0.643. The zero-order valence-corrected chi connectivity index (χ0v) is 12.5. The molecule has 1 heterocycles. The second-order valence-electron chi connectivity index (χ2n) is 5.35. The summed E-state index contributed by atoms with van der Waals surface area (Å²) in [6.07, 6.45) is 0.777. The Bertz CT molecular complexity index is 368. The first-order chi connectivity index (χ1) is 8.33. The lowest BCUT2D eigenvalue weighted by atomic mass is 10.0. The van der Waals surface area contributed by atoms with Crippen molar-refractivity contribution in [1.29, 1.82) is 0 Å². The maximum atomic E-state index is 12.3. The van der Waals surface area contributed by atoms with Crippen LogP contribution in [0.3, 0.4) is 0 Å². The van der Waals surface area contributed by atoms with Gasteiger partial charge in [0.05, 0.1) is 5.60 Å². The third-order valence-electron chi connectivity index (χ3n) is 2.78. The highest BCUT2D eigenvalue weighted by atomic mass is 32.1. The van der Waals surface area contributed by atoms with E-state index in [4.69, 9.17) is 0 Å². The minimum atomic E-state index is -0.839. The quantitative estimate of drug-likeness (QED) is 0.862. The maximum absolute atomic E-state index is 12.3. The predicted molar refractivity (Wildman–Crippen MR) is 75.7 cm³/mol. The molecule has 0 saturated carbocycles. The fourth-order valence-corrected chi connectivity index (χ4v) is 2.78. The highest BCUT2D eigenvalue weighted by molar-refractivity contribution is 7.09. The van der Waals surface area contributed by atoms with Gasteiger partial charge in [-0.3, -0.25) is 4.79 Å². The number of carbonyl (C=O) groups excluding carboxylic acids is 1. The zero-order chi connectivity index (χ0) is 13.8. The van der Waals surface area contributed by atoms with Gasteiger partial charge in [-0.05, 0) is 38.6 Å². The van der Waals surface area contributed by atoms with Gasteiger partial charge in [0.1, 0.15) is 0 Å². The Hall–Kier alpha value is -0.870. The van der Waals surface area contributed by atoms with Crippen LogP contribution in [-0.4, -0.2) is 34.6 Å². The second-order valence-corrected chi connectivity index (χ2v) is 6.38. The lowest BCUT2D eigenvalue weighted by Crippen LogP contribution is -2.44. The van der Waals surface area contributed by atoms with Crippen molar-refractivity contribution < 1.29 is 9.90 Å². The molecule has 1 rings (SSSR count). The molecular weight excluding hydrogens is 246 g/mol. The summed E-state index contributed by atoms with van der Waals surface area (Å²) >= 11 is 1.68. The Balaban J connectivity index is 2.60. The van der Waals surface area contributed by atoms with Crippen molar-refractivity contribution in [2.45, 2.75) is 39.7 Å². The van der Waals surface area contributed by atoms with Crippen LogP contribution in [0.4, 0.5) is 0 Å². The molecular formula is C14H23NO2S. The minimum absolute atomic E-state index is 0.0362. The van der Waals surface area contributed by atoms with Crippen LogP contribution in [0.1, 0.15) is 32.6 Å². The largest absolute Gasteiger partial charge is 0.389 e. The van der Waals surface area contributed by atoms with Gasteiger partial charge < -0.3 is 10.0 Å². The minimum Gasteiger partial charge on any atom is -0.389 e. The molecule has 0 saturated heterocycles. The van der Waals surface area contributed by atoms with Crippen LogP contribution in [0, 0.1) is 5.92 Å². The fourth-order valence-electron chi connectivity index (χ4n) is 1.94. The van der Waals surface area contributed by atoms with E-state index in [1.807, 2.05) is 25.3 Å². The van der Waals surface area contributed by atoms with Gasteiger partial charge in [0.2, 0.25) is 5.91 Å². The van der Waals surface area contributed by atoms with E-state index in [0.29, 0.717) is 13.1 Å². The number of amides is 1. The average molecular weight is 269 g/mol. The summed E-state index contributed by atoms with van der Waals surface area (Å²) in [6.45, 7) is 8.38. The molecule has 1 amide bonds. The molecule has 1 unspecified atom stereocenters. The second kappa shape index (κ2) is 6.34. The van der Waals surface area contributed by atoms with Gasteiger partial charge >= 0.3 is 0 Å². The van der Waals surface area contributed by atoms with E-state index >= 15 is 0 Å². The van der Waals surface area contributed by atoms with Crippen molar-refractivity contribution in [2.24, 2.45) is 5.92 Å². The number of carbonyl (C=O) groups is 1. The van der Waals surface area contributed by atoms with Crippen molar-refractivity contribution in [2.75, 3.05) is 13.1 Å². The number of aliphatic hydroxyl groups is 1. The van der Waals surface area contributed by atoms with E-state index in [0.717, 1.165) is 6.42 Å². The molecule has 4 heteroatoms. The molecule has 0 aromatic carbocycles. The Kier molecular flexibility index (Phi) is 5.35. The Morgan fingerprint density at radius 1 is 1.56 bits per heavy atom. The molecule has 1 aromatic rings. The molecule has 0 aliphatic rings. The van der Waals surface area contributed by atoms with Crippen LogP contribution in [-0.2, 0) is 11.2 Å². The van der Waals surface area contributed by atoms with E-state index in [9.17, 15) is 9.90 Å². The van der Waals surface area contributed by atoms with E-state index in [2.05, 4.69) is 6.07 Å². The summed E-state index contributed by atoms with van der Waals surface area (Å²) in [5.74, 6) is 0.0824. The van der Waals surface area contributed by atoms with Gasteiger partial charge in [0.15, 0.2) is 0 Å². The summed E-state index contributed by atoms with van der Waals surface area (Å²) in [4.78, 5) is 15.3. The zero-order valence-electron chi connectivity index (χ0n) is 11.6. The third kappa shape index (κ3) is 4.78. The topological polar surface area (TPSA) is 40.5 Å². The molecule has 0 bridgehead atoms. The number of thiophene rings is 1. The van der Waals surface area contributed by atoms with Crippen LogP contribution in [0.2, 0.25) is 0 Å². The third-order valence-corrected chi connectivity index (χ3v) is 3.68. The first kappa shape index (κ1) is 15.2. The summed E-state index contributed by atoms with van der Waals surface area (Å²) in [5.41, 5.74) is -0.839. The normalized spacial score (nSPS) is 13.4. The van der Waals surface area contributed by atoms with Crippen LogP contribution >= 0.6 is 11.3 Å². The molecule has 1 aromatic heterocycles. The number of likely N-dealkylation sites (N-methyl/N-ethyl adjacent to an activating group) is 1. The van der Waals surface area contributed by atoms with Crippen LogP contribution in [0.15, 0.2) is 17.5 Å². The molecule has 0 aliphatic heterocycles. The Morgan fingerprint density at radius 3 is 2.67 bits per heavy atom. The predicted octanol–water partition coefficient (Wildman–Crippen LogP) is 2.55. The Labute approximate surface area is 113 Å². The lowest BCUT2D eigenvalue weighted by Gasteiger charge is -2.30. The number of hydrogen-bond donors (Lipinski definition) is 1. The highest BCUT2D eigenvalue weighted by Gasteiger charge is 2.25. The molecule has 0 spiro atoms. The highest BCUT2D eigenvalue weighted by Crippen LogP contribution is 2.17. The molecule has 102 valence electrons. The monoisotopic (exact) mass is 269 g/mol. The van der Waals surface area contributed by atoms with E-state index in [-0.39, 0.29) is 11.8 Å². The molecule has 3 nitrogen and oxygen atoms in total. The summed E-state index contributed by atoms with van der Waals surface area (Å²) in [5, 5.41) is 11.8. The molecule has 1 atom stereocenters. The van der Waals surface area contributed by atoms with Gasteiger partial charge in [-0.25, -0.2) is 0 Å². The molecule has 0 fully saturated rings. The van der Waals surface area contributed by atoms with Crippen molar-refractivity contribution in [1.82, 2.24) is 4.90 Å². The maximum Gasteiger partial charge on any atom is 0.225 e. The Morgan fingerprint density at radius 2 is 2.22 bits per heavy atom. The van der Waals surface area contributed by atoms with E-state index < -0.39 is 5.60 Å². The number of rotatable bonds is 6. The summed E-state index contributed by atoms with van der Waals surface area (Å²) in [7, 11) is 0.